The van der Waals surface area contributed by atoms with Crippen molar-refractivity contribution in [2.45, 2.75) is 13.0 Å². The van der Waals surface area contributed by atoms with Gasteiger partial charge in [-0.2, -0.15) is 10.4 Å². The molecule has 6 heteroatoms. The van der Waals surface area contributed by atoms with Crippen molar-refractivity contribution in [3.8, 4) is 6.07 Å². The molecule has 1 heterocycles. The maximum atomic E-state index is 13.8. The lowest BCUT2D eigenvalue weighted by Crippen LogP contribution is -2.06. The SMILES string of the molecule is N#Cc1c(Cc2ccccc2F)nn(Cc2ccc(Br)cc2)c1N. The Labute approximate surface area is 147 Å². The van der Waals surface area contributed by atoms with Gasteiger partial charge in [-0.25, -0.2) is 9.07 Å². The van der Waals surface area contributed by atoms with Gasteiger partial charge in [0.25, 0.3) is 0 Å². The fraction of sp³-hybridized carbons (Fsp3) is 0.111. The van der Waals surface area contributed by atoms with Crippen molar-refractivity contribution in [1.29, 1.82) is 5.26 Å². The van der Waals surface area contributed by atoms with Crippen molar-refractivity contribution in [3.05, 3.63) is 81.2 Å². The highest BCUT2D eigenvalue weighted by Crippen LogP contribution is 2.22. The highest BCUT2D eigenvalue weighted by Gasteiger charge is 2.17. The third-order valence-electron chi connectivity index (χ3n) is 3.74. The summed E-state index contributed by atoms with van der Waals surface area (Å²) in [5.74, 6) is -0.0193. The molecular weight excluding hydrogens is 371 g/mol. The number of aromatic nitrogens is 2. The van der Waals surface area contributed by atoms with Gasteiger partial charge in [0.2, 0.25) is 0 Å². The van der Waals surface area contributed by atoms with E-state index in [0.717, 1.165) is 10.0 Å². The molecule has 0 aliphatic rings. The molecule has 0 atom stereocenters. The van der Waals surface area contributed by atoms with Gasteiger partial charge in [-0.1, -0.05) is 46.3 Å². The molecule has 3 rings (SSSR count). The lowest BCUT2D eigenvalue weighted by molar-refractivity contribution is 0.611. The van der Waals surface area contributed by atoms with Crippen LogP contribution in [0.1, 0.15) is 22.4 Å². The van der Waals surface area contributed by atoms with Crippen molar-refractivity contribution in [2.24, 2.45) is 0 Å². The molecule has 0 aliphatic carbocycles. The fourth-order valence-electron chi connectivity index (χ4n) is 2.48. The summed E-state index contributed by atoms with van der Waals surface area (Å²) in [7, 11) is 0. The molecule has 0 radical (unpaired) electrons. The number of nitrogens with zero attached hydrogens (tertiary/aromatic N) is 3. The van der Waals surface area contributed by atoms with E-state index < -0.39 is 0 Å². The quantitative estimate of drug-likeness (QED) is 0.741. The van der Waals surface area contributed by atoms with E-state index in [-0.39, 0.29) is 12.2 Å². The van der Waals surface area contributed by atoms with Crippen LogP contribution in [0.4, 0.5) is 10.2 Å². The lowest BCUT2D eigenvalue weighted by atomic mass is 10.1. The number of benzene rings is 2. The highest BCUT2D eigenvalue weighted by molar-refractivity contribution is 9.10. The summed E-state index contributed by atoms with van der Waals surface area (Å²) in [6.07, 6.45) is 0.229. The topological polar surface area (TPSA) is 67.6 Å². The summed E-state index contributed by atoms with van der Waals surface area (Å²) in [4.78, 5) is 0. The van der Waals surface area contributed by atoms with Crippen molar-refractivity contribution in [1.82, 2.24) is 9.78 Å². The number of hydrogen-bond donors (Lipinski definition) is 1. The molecule has 24 heavy (non-hydrogen) atoms. The van der Waals surface area contributed by atoms with E-state index in [4.69, 9.17) is 5.73 Å². The summed E-state index contributed by atoms with van der Waals surface area (Å²) < 4.78 is 16.4. The van der Waals surface area contributed by atoms with Crippen LogP contribution in [-0.4, -0.2) is 9.78 Å². The number of rotatable bonds is 4. The molecule has 4 nitrogen and oxygen atoms in total. The van der Waals surface area contributed by atoms with Crippen LogP contribution in [-0.2, 0) is 13.0 Å². The van der Waals surface area contributed by atoms with E-state index >= 15 is 0 Å². The van der Waals surface area contributed by atoms with Gasteiger partial charge in [0.15, 0.2) is 0 Å². The first-order valence-corrected chi connectivity index (χ1v) is 8.11. The van der Waals surface area contributed by atoms with Gasteiger partial charge in [-0.15, -0.1) is 0 Å². The zero-order valence-electron chi connectivity index (χ0n) is 12.7. The molecule has 0 amide bonds. The van der Waals surface area contributed by atoms with Crippen LogP contribution in [0.3, 0.4) is 0 Å². The molecule has 2 N–H and O–H groups in total. The number of anilines is 1. The van der Waals surface area contributed by atoms with Crippen LogP contribution in [0.15, 0.2) is 53.0 Å². The molecule has 120 valence electrons. The minimum Gasteiger partial charge on any atom is -0.383 e. The number of nitrogens with two attached hydrogens (primary N) is 1. The third-order valence-corrected chi connectivity index (χ3v) is 4.27. The normalized spacial score (nSPS) is 10.5. The Morgan fingerprint density at radius 3 is 2.54 bits per heavy atom. The monoisotopic (exact) mass is 384 g/mol. The summed E-state index contributed by atoms with van der Waals surface area (Å²) in [6, 6.07) is 16.3. The molecule has 0 aliphatic heterocycles. The number of nitrogen functional groups attached to an aromatic ring is 1. The summed E-state index contributed by atoms with van der Waals surface area (Å²) >= 11 is 3.39. The van der Waals surface area contributed by atoms with Gasteiger partial charge in [-0.3, -0.25) is 0 Å². The largest absolute Gasteiger partial charge is 0.383 e. The van der Waals surface area contributed by atoms with Gasteiger partial charge < -0.3 is 5.73 Å². The van der Waals surface area contributed by atoms with Crippen molar-refractivity contribution in [2.75, 3.05) is 5.73 Å². The van der Waals surface area contributed by atoms with E-state index in [1.807, 2.05) is 24.3 Å². The standard InChI is InChI=1S/C18H14BrFN4/c19-14-7-5-12(6-8-14)11-24-18(22)15(10-21)17(23-24)9-13-3-1-2-4-16(13)20/h1-8H,9,11,22H2. The predicted molar refractivity (Wildman–Crippen MR) is 93.8 cm³/mol. The third kappa shape index (κ3) is 3.31. The minimum absolute atomic E-state index is 0.229. The average Bonchev–Trinajstić information content (AvgIpc) is 2.87. The second-order valence-electron chi connectivity index (χ2n) is 5.37. The first-order chi connectivity index (χ1) is 11.6. The fourth-order valence-corrected chi connectivity index (χ4v) is 2.74. The van der Waals surface area contributed by atoms with Gasteiger partial charge in [-0.05, 0) is 29.3 Å². The van der Waals surface area contributed by atoms with Crippen molar-refractivity contribution in [3.63, 3.8) is 0 Å². The Hall–Kier alpha value is -2.65. The first kappa shape index (κ1) is 16.2. The molecule has 3 aromatic rings. The van der Waals surface area contributed by atoms with Crippen LogP contribution < -0.4 is 5.73 Å². The van der Waals surface area contributed by atoms with Crippen LogP contribution in [0.5, 0.6) is 0 Å². The Morgan fingerprint density at radius 2 is 1.88 bits per heavy atom. The van der Waals surface area contributed by atoms with Gasteiger partial charge in [0, 0.05) is 10.9 Å². The minimum atomic E-state index is -0.317. The molecule has 0 saturated carbocycles. The predicted octanol–water partition coefficient (Wildman–Crippen LogP) is 3.88. The number of nitriles is 1. The Balaban J connectivity index is 1.92. The van der Waals surface area contributed by atoms with Gasteiger partial charge >= 0.3 is 0 Å². The molecule has 0 fully saturated rings. The molecule has 2 aromatic carbocycles. The van der Waals surface area contributed by atoms with Gasteiger partial charge in [0.05, 0.1) is 12.2 Å². The maximum absolute atomic E-state index is 13.8. The van der Waals surface area contributed by atoms with Crippen molar-refractivity contribution < 1.29 is 4.39 Å². The van der Waals surface area contributed by atoms with Gasteiger partial charge in [0.1, 0.15) is 23.3 Å². The van der Waals surface area contributed by atoms with Crippen LogP contribution >= 0.6 is 15.9 Å². The molecule has 1 aromatic heterocycles. The second kappa shape index (κ2) is 6.85. The molecular formula is C18H14BrFN4. The molecule has 0 unspecified atom stereocenters. The van der Waals surface area contributed by atoms with E-state index in [1.165, 1.54) is 6.07 Å². The summed E-state index contributed by atoms with van der Waals surface area (Å²) in [5, 5.41) is 13.8. The van der Waals surface area contributed by atoms with Crippen molar-refractivity contribution >= 4 is 21.7 Å². The summed E-state index contributed by atoms with van der Waals surface area (Å²) in [5.41, 5.74) is 8.34. The Morgan fingerprint density at radius 1 is 1.17 bits per heavy atom. The Bertz CT molecular complexity index is 910. The highest BCUT2D eigenvalue weighted by atomic mass is 79.9. The lowest BCUT2D eigenvalue weighted by Gasteiger charge is -2.04. The van der Waals surface area contributed by atoms with E-state index in [2.05, 4.69) is 27.1 Å². The molecule has 0 spiro atoms. The molecule has 0 saturated heterocycles. The maximum Gasteiger partial charge on any atom is 0.140 e. The number of hydrogen-bond acceptors (Lipinski definition) is 3. The average molecular weight is 385 g/mol. The smallest absolute Gasteiger partial charge is 0.140 e. The van der Waals surface area contributed by atoms with Crippen LogP contribution in [0, 0.1) is 17.1 Å². The zero-order valence-corrected chi connectivity index (χ0v) is 14.3. The summed E-state index contributed by atoms with van der Waals surface area (Å²) in [6.45, 7) is 0.449. The van der Waals surface area contributed by atoms with E-state index in [0.29, 0.717) is 29.2 Å². The van der Waals surface area contributed by atoms with E-state index in [9.17, 15) is 9.65 Å². The molecule has 0 bridgehead atoms. The number of halogens is 2. The van der Waals surface area contributed by atoms with Crippen LogP contribution in [0.25, 0.3) is 0 Å². The second-order valence-corrected chi connectivity index (χ2v) is 6.29. The zero-order chi connectivity index (χ0) is 17.1. The van der Waals surface area contributed by atoms with E-state index in [1.54, 1.807) is 22.9 Å². The van der Waals surface area contributed by atoms with Crippen LogP contribution in [0.2, 0.25) is 0 Å². The Kier molecular flexibility index (Phi) is 4.63. The first-order valence-electron chi connectivity index (χ1n) is 7.31.